The molecule has 0 spiro atoms. The highest BCUT2D eigenvalue weighted by atomic mass is 16.5. The van der Waals surface area contributed by atoms with E-state index in [2.05, 4.69) is 0 Å². The highest BCUT2D eigenvalue weighted by molar-refractivity contribution is 5.94. The summed E-state index contributed by atoms with van der Waals surface area (Å²) >= 11 is 0. The molecule has 0 radical (unpaired) electrons. The van der Waals surface area contributed by atoms with Crippen molar-refractivity contribution in [2.75, 3.05) is 19.7 Å². The average Bonchev–Trinajstić information content (AvgIpc) is 2.55. The number of aliphatic hydroxyl groups is 1. The van der Waals surface area contributed by atoms with E-state index in [-0.39, 0.29) is 38.4 Å². The molecular weight excluding hydrogens is 284 g/mol. The summed E-state index contributed by atoms with van der Waals surface area (Å²) in [5.41, 5.74) is -0.523. The molecule has 6 nitrogen and oxygen atoms in total. The Bertz CT molecular complexity index is 596. The maximum atomic E-state index is 12.4. The smallest absolute Gasteiger partial charge is 0.338 e. The first kappa shape index (κ1) is 16.0. The lowest BCUT2D eigenvalue weighted by Crippen LogP contribution is -2.51. The van der Waals surface area contributed by atoms with Gasteiger partial charge in [-0.3, -0.25) is 4.79 Å². The van der Waals surface area contributed by atoms with E-state index in [4.69, 9.17) is 10.00 Å². The number of hydrogen-bond acceptors (Lipinski definition) is 5. The van der Waals surface area contributed by atoms with Crippen LogP contribution >= 0.6 is 0 Å². The Kier molecular flexibility index (Phi) is 4.78. The minimum atomic E-state index is -1.50. The summed E-state index contributed by atoms with van der Waals surface area (Å²) in [4.78, 5) is 25.7. The van der Waals surface area contributed by atoms with Gasteiger partial charge in [-0.05, 0) is 31.2 Å². The van der Waals surface area contributed by atoms with Gasteiger partial charge in [-0.2, -0.15) is 5.26 Å². The third-order valence-electron chi connectivity index (χ3n) is 3.79. The predicted octanol–water partition coefficient (Wildman–Crippen LogP) is 1.09. The van der Waals surface area contributed by atoms with Crippen LogP contribution in [-0.2, 0) is 9.53 Å². The second kappa shape index (κ2) is 6.58. The van der Waals surface area contributed by atoms with Gasteiger partial charge in [0.25, 0.3) is 5.91 Å². The minimum absolute atomic E-state index is 0.161. The molecule has 1 aliphatic heterocycles. The van der Waals surface area contributed by atoms with Crippen LogP contribution in [0.25, 0.3) is 0 Å². The molecule has 0 aliphatic carbocycles. The van der Waals surface area contributed by atoms with Crippen molar-refractivity contribution in [2.45, 2.75) is 25.4 Å². The Morgan fingerprint density at radius 3 is 2.41 bits per heavy atom. The fourth-order valence-electron chi connectivity index (χ4n) is 2.42. The lowest BCUT2D eigenvalue weighted by atomic mass is 9.91. The molecule has 1 aliphatic rings. The number of carbonyl (C=O) groups excluding carboxylic acids is 2. The molecule has 0 atom stereocenters. The Labute approximate surface area is 128 Å². The molecular formula is C16H18N2O4. The zero-order valence-corrected chi connectivity index (χ0v) is 12.4. The number of ether oxygens (including phenoxy) is 1. The molecule has 0 saturated carbocycles. The Hall–Kier alpha value is -2.39. The van der Waals surface area contributed by atoms with Gasteiger partial charge in [0.1, 0.15) is 0 Å². The molecule has 1 heterocycles. The highest BCUT2D eigenvalue weighted by Crippen LogP contribution is 2.25. The molecule has 1 amide bonds. The molecule has 0 aromatic heterocycles. The van der Waals surface area contributed by atoms with Gasteiger partial charge < -0.3 is 14.7 Å². The first-order chi connectivity index (χ1) is 10.5. The molecule has 6 heteroatoms. The number of benzene rings is 1. The van der Waals surface area contributed by atoms with E-state index in [0.29, 0.717) is 11.1 Å². The van der Waals surface area contributed by atoms with E-state index < -0.39 is 11.6 Å². The van der Waals surface area contributed by atoms with Crippen LogP contribution in [-0.4, -0.2) is 47.2 Å². The second-order valence-corrected chi connectivity index (χ2v) is 5.23. The fourth-order valence-corrected chi connectivity index (χ4v) is 2.42. The first-order valence-corrected chi connectivity index (χ1v) is 7.19. The van der Waals surface area contributed by atoms with Gasteiger partial charge in [0.05, 0.1) is 18.2 Å². The number of esters is 1. The molecule has 0 bridgehead atoms. The summed E-state index contributed by atoms with van der Waals surface area (Å²) in [7, 11) is 0. The van der Waals surface area contributed by atoms with Crippen LogP contribution in [0, 0.1) is 11.3 Å². The van der Waals surface area contributed by atoms with Gasteiger partial charge >= 0.3 is 5.97 Å². The van der Waals surface area contributed by atoms with Crippen molar-refractivity contribution in [1.29, 1.82) is 5.26 Å². The predicted molar refractivity (Wildman–Crippen MR) is 77.9 cm³/mol. The monoisotopic (exact) mass is 302 g/mol. The number of nitriles is 1. The van der Waals surface area contributed by atoms with Gasteiger partial charge in [-0.25, -0.2) is 4.79 Å². The van der Waals surface area contributed by atoms with Gasteiger partial charge in [0, 0.05) is 31.5 Å². The summed E-state index contributed by atoms with van der Waals surface area (Å²) in [5.74, 6) is -0.795. The van der Waals surface area contributed by atoms with E-state index in [1.807, 2.05) is 6.07 Å². The van der Waals surface area contributed by atoms with Crippen LogP contribution in [0.5, 0.6) is 0 Å². The number of nitrogens with zero attached hydrogens (tertiary/aromatic N) is 2. The zero-order valence-electron chi connectivity index (χ0n) is 12.4. The third-order valence-corrected chi connectivity index (χ3v) is 3.79. The number of likely N-dealkylation sites (tertiary alicyclic amines) is 1. The SMILES string of the molecule is CCOC(=O)C1(O)CCN(C(=O)c2ccc(C#N)cc2)CC1. The minimum Gasteiger partial charge on any atom is -0.464 e. The number of rotatable bonds is 3. The molecule has 0 unspecified atom stereocenters. The largest absolute Gasteiger partial charge is 0.464 e. The fraction of sp³-hybridized carbons (Fsp3) is 0.438. The number of piperidine rings is 1. The maximum absolute atomic E-state index is 12.4. The van der Waals surface area contributed by atoms with Crippen molar-refractivity contribution >= 4 is 11.9 Å². The van der Waals surface area contributed by atoms with E-state index in [9.17, 15) is 14.7 Å². The lowest BCUT2D eigenvalue weighted by molar-refractivity contribution is -0.169. The van der Waals surface area contributed by atoms with Gasteiger partial charge in [0.15, 0.2) is 5.60 Å². The topological polar surface area (TPSA) is 90.6 Å². The van der Waals surface area contributed by atoms with Crippen molar-refractivity contribution in [2.24, 2.45) is 0 Å². The quantitative estimate of drug-likeness (QED) is 0.844. The van der Waals surface area contributed by atoms with Crippen molar-refractivity contribution in [1.82, 2.24) is 4.90 Å². The summed E-state index contributed by atoms with van der Waals surface area (Å²) in [6, 6.07) is 8.39. The van der Waals surface area contributed by atoms with Crippen LogP contribution < -0.4 is 0 Å². The maximum Gasteiger partial charge on any atom is 0.338 e. The van der Waals surface area contributed by atoms with Crippen molar-refractivity contribution < 1.29 is 19.4 Å². The van der Waals surface area contributed by atoms with Crippen molar-refractivity contribution in [3.8, 4) is 6.07 Å². The zero-order chi connectivity index (χ0) is 16.2. The number of carbonyl (C=O) groups is 2. The standard InChI is InChI=1S/C16H18N2O4/c1-2-22-15(20)16(21)7-9-18(10-8-16)14(19)13-5-3-12(11-17)4-6-13/h3-6,21H,2,7-10H2,1H3. The summed E-state index contributed by atoms with van der Waals surface area (Å²) in [6.45, 7) is 2.47. The summed E-state index contributed by atoms with van der Waals surface area (Å²) < 4.78 is 4.87. The molecule has 1 saturated heterocycles. The van der Waals surface area contributed by atoms with Crippen LogP contribution in [0.2, 0.25) is 0 Å². The third kappa shape index (κ3) is 3.26. The molecule has 2 rings (SSSR count). The van der Waals surface area contributed by atoms with Gasteiger partial charge in [-0.15, -0.1) is 0 Å². The first-order valence-electron chi connectivity index (χ1n) is 7.19. The van der Waals surface area contributed by atoms with Crippen LogP contribution in [0.4, 0.5) is 0 Å². The second-order valence-electron chi connectivity index (χ2n) is 5.23. The van der Waals surface area contributed by atoms with E-state index in [1.165, 1.54) is 0 Å². The lowest BCUT2D eigenvalue weighted by Gasteiger charge is -2.36. The van der Waals surface area contributed by atoms with Crippen LogP contribution in [0.15, 0.2) is 24.3 Å². The molecule has 1 N–H and O–H groups in total. The van der Waals surface area contributed by atoms with Gasteiger partial charge in [0.2, 0.25) is 0 Å². The molecule has 1 fully saturated rings. The Morgan fingerprint density at radius 1 is 1.32 bits per heavy atom. The summed E-state index contributed by atoms with van der Waals surface area (Å²) in [6.07, 6.45) is 0.321. The highest BCUT2D eigenvalue weighted by Gasteiger charge is 2.41. The van der Waals surface area contributed by atoms with Crippen LogP contribution in [0.1, 0.15) is 35.7 Å². The van der Waals surface area contributed by atoms with Gasteiger partial charge in [-0.1, -0.05) is 0 Å². The molecule has 116 valence electrons. The summed E-state index contributed by atoms with van der Waals surface area (Å²) in [5, 5.41) is 19.0. The van der Waals surface area contributed by atoms with Crippen molar-refractivity contribution in [3.05, 3.63) is 35.4 Å². The molecule has 1 aromatic carbocycles. The molecule has 1 aromatic rings. The average molecular weight is 302 g/mol. The Balaban J connectivity index is 2.00. The van der Waals surface area contributed by atoms with Crippen LogP contribution in [0.3, 0.4) is 0 Å². The number of hydrogen-bond donors (Lipinski definition) is 1. The normalized spacial score (nSPS) is 16.7. The molecule has 22 heavy (non-hydrogen) atoms. The van der Waals surface area contributed by atoms with E-state index >= 15 is 0 Å². The van der Waals surface area contributed by atoms with E-state index in [1.54, 1.807) is 36.1 Å². The van der Waals surface area contributed by atoms with Crippen molar-refractivity contribution in [3.63, 3.8) is 0 Å². The van der Waals surface area contributed by atoms with E-state index in [0.717, 1.165) is 0 Å². The number of amides is 1. The Morgan fingerprint density at radius 2 is 1.91 bits per heavy atom.